The first-order valence-corrected chi connectivity index (χ1v) is 6.58. The molecule has 0 spiro atoms. The first-order valence-electron chi connectivity index (χ1n) is 6.58. The SMILES string of the molecule is CC(C)O[C@@H]1CN(C(=O)OC(C)(C)C)CC[C@@H]1N. The summed E-state index contributed by atoms with van der Waals surface area (Å²) in [7, 11) is 0. The molecule has 0 aromatic rings. The van der Waals surface area contributed by atoms with Crippen LogP contribution in [0.3, 0.4) is 0 Å². The molecule has 0 aliphatic carbocycles. The molecule has 5 heteroatoms. The van der Waals surface area contributed by atoms with E-state index < -0.39 is 5.60 Å². The van der Waals surface area contributed by atoms with E-state index >= 15 is 0 Å². The number of hydrogen-bond donors (Lipinski definition) is 1. The lowest BCUT2D eigenvalue weighted by molar-refractivity contribution is -0.0503. The molecule has 0 bridgehead atoms. The maximum absolute atomic E-state index is 12.0. The van der Waals surface area contributed by atoms with Crippen molar-refractivity contribution in [3.8, 4) is 0 Å². The predicted molar refractivity (Wildman–Crippen MR) is 70.4 cm³/mol. The molecule has 1 rings (SSSR count). The molecule has 106 valence electrons. The number of piperidine rings is 1. The van der Waals surface area contributed by atoms with E-state index in [1.54, 1.807) is 4.90 Å². The van der Waals surface area contributed by atoms with E-state index in [0.717, 1.165) is 6.42 Å². The minimum Gasteiger partial charge on any atom is -0.444 e. The van der Waals surface area contributed by atoms with Crippen LogP contribution >= 0.6 is 0 Å². The van der Waals surface area contributed by atoms with E-state index in [1.165, 1.54) is 0 Å². The Morgan fingerprint density at radius 2 is 2.00 bits per heavy atom. The summed E-state index contributed by atoms with van der Waals surface area (Å²) in [6, 6.07) is -0.00825. The van der Waals surface area contributed by atoms with Crippen LogP contribution in [0, 0.1) is 0 Å². The molecule has 2 N–H and O–H groups in total. The second-order valence-electron chi connectivity index (χ2n) is 6.10. The Hall–Kier alpha value is -0.810. The van der Waals surface area contributed by atoms with Gasteiger partial charge in [0.25, 0.3) is 0 Å². The van der Waals surface area contributed by atoms with E-state index in [4.69, 9.17) is 15.2 Å². The fourth-order valence-corrected chi connectivity index (χ4v) is 1.92. The Morgan fingerprint density at radius 1 is 1.39 bits per heavy atom. The van der Waals surface area contributed by atoms with Crippen molar-refractivity contribution in [1.82, 2.24) is 4.90 Å². The van der Waals surface area contributed by atoms with Crippen molar-refractivity contribution >= 4 is 6.09 Å². The van der Waals surface area contributed by atoms with Crippen LogP contribution in [0.4, 0.5) is 4.79 Å². The molecule has 1 aliphatic heterocycles. The van der Waals surface area contributed by atoms with Crippen LogP contribution in [0.15, 0.2) is 0 Å². The van der Waals surface area contributed by atoms with Gasteiger partial charge in [0, 0.05) is 12.6 Å². The van der Waals surface area contributed by atoms with Crippen molar-refractivity contribution < 1.29 is 14.3 Å². The number of carbonyl (C=O) groups is 1. The van der Waals surface area contributed by atoms with E-state index in [0.29, 0.717) is 13.1 Å². The first kappa shape index (κ1) is 15.2. The molecule has 1 heterocycles. The van der Waals surface area contributed by atoms with Crippen LogP contribution in [-0.2, 0) is 9.47 Å². The summed E-state index contributed by atoms with van der Waals surface area (Å²) in [5, 5.41) is 0. The van der Waals surface area contributed by atoms with Crippen molar-refractivity contribution in [2.75, 3.05) is 13.1 Å². The molecule has 0 aromatic carbocycles. The van der Waals surface area contributed by atoms with Crippen molar-refractivity contribution in [3.63, 3.8) is 0 Å². The van der Waals surface area contributed by atoms with Crippen LogP contribution in [0.5, 0.6) is 0 Å². The third-order valence-corrected chi connectivity index (χ3v) is 2.71. The number of carbonyl (C=O) groups excluding carboxylic acids is 1. The quantitative estimate of drug-likeness (QED) is 0.819. The Morgan fingerprint density at radius 3 is 2.50 bits per heavy atom. The standard InChI is InChI=1S/C13H26N2O3/c1-9(2)17-11-8-15(7-6-10(11)14)12(16)18-13(3,4)5/h9-11H,6-8,14H2,1-5H3/t10-,11+/m0/s1. The molecule has 18 heavy (non-hydrogen) atoms. The maximum Gasteiger partial charge on any atom is 0.410 e. The van der Waals surface area contributed by atoms with E-state index in [-0.39, 0.29) is 24.3 Å². The molecular weight excluding hydrogens is 232 g/mol. The van der Waals surface area contributed by atoms with Gasteiger partial charge in [0.1, 0.15) is 5.60 Å². The number of nitrogens with two attached hydrogens (primary N) is 1. The molecule has 1 saturated heterocycles. The Kier molecular flexibility index (Phi) is 4.99. The Bertz CT molecular complexity index is 286. The maximum atomic E-state index is 12.0. The van der Waals surface area contributed by atoms with Gasteiger partial charge in [-0.3, -0.25) is 0 Å². The van der Waals surface area contributed by atoms with E-state index in [2.05, 4.69) is 0 Å². The van der Waals surface area contributed by atoms with Gasteiger partial charge in [-0.05, 0) is 41.0 Å². The van der Waals surface area contributed by atoms with Gasteiger partial charge in [-0.1, -0.05) is 0 Å². The minimum atomic E-state index is -0.467. The lowest BCUT2D eigenvalue weighted by Crippen LogP contribution is -2.54. The molecule has 1 fully saturated rings. The summed E-state index contributed by atoms with van der Waals surface area (Å²) >= 11 is 0. The van der Waals surface area contributed by atoms with E-state index in [1.807, 2.05) is 34.6 Å². The highest BCUT2D eigenvalue weighted by Crippen LogP contribution is 2.17. The van der Waals surface area contributed by atoms with Crippen LogP contribution in [0.1, 0.15) is 41.0 Å². The van der Waals surface area contributed by atoms with Gasteiger partial charge in [0.15, 0.2) is 0 Å². The van der Waals surface area contributed by atoms with Gasteiger partial charge in [-0.15, -0.1) is 0 Å². The summed E-state index contributed by atoms with van der Waals surface area (Å²) in [6.45, 7) is 10.7. The average Bonchev–Trinajstić information content (AvgIpc) is 2.17. The monoisotopic (exact) mass is 258 g/mol. The zero-order chi connectivity index (χ0) is 13.9. The highest BCUT2D eigenvalue weighted by atomic mass is 16.6. The fraction of sp³-hybridized carbons (Fsp3) is 0.923. The first-order chi connectivity index (χ1) is 8.19. The lowest BCUT2D eigenvalue weighted by atomic mass is 10.0. The highest BCUT2D eigenvalue weighted by molar-refractivity contribution is 5.68. The highest BCUT2D eigenvalue weighted by Gasteiger charge is 2.32. The molecule has 0 aromatic heterocycles. The molecule has 1 aliphatic rings. The molecule has 0 saturated carbocycles. The van der Waals surface area contributed by atoms with Gasteiger partial charge in [-0.25, -0.2) is 4.79 Å². The van der Waals surface area contributed by atoms with Crippen LogP contribution < -0.4 is 5.73 Å². The molecule has 0 unspecified atom stereocenters. The molecule has 1 amide bonds. The summed E-state index contributed by atoms with van der Waals surface area (Å²) in [5.41, 5.74) is 5.55. The van der Waals surface area contributed by atoms with Crippen LogP contribution in [0.2, 0.25) is 0 Å². The summed E-state index contributed by atoms with van der Waals surface area (Å²) in [5.74, 6) is 0. The third kappa shape index (κ3) is 4.82. The lowest BCUT2D eigenvalue weighted by Gasteiger charge is -2.38. The normalized spacial score (nSPS) is 25.4. The van der Waals surface area contributed by atoms with Crippen molar-refractivity contribution in [3.05, 3.63) is 0 Å². The summed E-state index contributed by atoms with van der Waals surface area (Å²) < 4.78 is 11.1. The molecule has 0 radical (unpaired) electrons. The molecular formula is C13H26N2O3. The van der Waals surface area contributed by atoms with Gasteiger partial charge in [0.2, 0.25) is 0 Å². The van der Waals surface area contributed by atoms with E-state index in [9.17, 15) is 4.79 Å². The van der Waals surface area contributed by atoms with Gasteiger partial charge in [-0.2, -0.15) is 0 Å². The smallest absolute Gasteiger partial charge is 0.410 e. The second kappa shape index (κ2) is 5.89. The number of likely N-dealkylation sites (tertiary alicyclic amines) is 1. The van der Waals surface area contributed by atoms with Gasteiger partial charge < -0.3 is 20.1 Å². The zero-order valence-corrected chi connectivity index (χ0v) is 12.1. The number of ether oxygens (including phenoxy) is 2. The molecule has 5 nitrogen and oxygen atoms in total. The zero-order valence-electron chi connectivity index (χ0n) is 12.1. The topological polar surface area (TPSA) is 64.8 Å². The number of nitrogens with zero attached hydrogens (tertiary/aromatic N) is 1. The molecule has 2 atom stereocenters. The van der Waals surface area contributed by atoms with Crippen molar-refractivity contribution in [1.29, 1.82) is 0 Å². The van der Waals surface area contributed by atoms with Crippen LogP contribution in [0.25, 0.3) is 0 Å². The average molecular weight is 258 g/mol. The summed E-state index contributed by atoms with van der Waals surface area (Å²) in [6.07, 6.45) is 0.467. The number of amides is 1. The largest absolute Gasteiger partial charge is 0.444 e. The fourth-order valence-electron chi connectivity index (χ4n) is 1.92. The third-order valence-electron chi connectivity index (χ3n) is 2.71. The van der Waals surface area contributed by atoms with Gasteiger partial charge >= 0.3 is 6.09 Å². The van der Waals surface area contributed by atoms with Gasteiger partial charge in [0.05, 0.1) is 18.8 Å². The number of rotatable bonds is 2. The Labute approximate surface area is 110 Å². The number of hydrogen-bond acceptors (Lipinski definition) is 4. The van der Waals surface area contributed by atoms with Crippen molar-refractivity contribution in [2.45, 2.75) is 64.9 Å². The second-order valence-corrected chi connectivity index (χ2v) is 6.10. The van der Waals surface area contributed by atoms with Crippen molar-refractivity contribution in [2.24, 2.45) is 5.73 Å². The predicted octanol–water partition coefficient (Wildman–Crippen LogP) is 1.75. The van der Waals surface area contributed by atoms with Crippen LogP contribution in [-0.4, -0.2) is 47.9 Å². The Balaban J connectivity index is 2.56. The summed E-state index contributed by atoms with van der Waals surface area (Å²) in [4.78, 5) is 13.6. The minimum absolute atomic E-state index is 0.00825.